The molecule has 0 radical (unpaired) electrons. The fourth-order valence-electron chi connectivity index (χ4n) is 2.75. The zero-order chi connectivity index (χ0) is 17.2. The molecule has 3 aromatic rings. The van der Waals surface area contributed by atoms with Crippen molar-refractivity contribution in [2.75, 3.05) is 29.5 Å². The second-order valence-electron chi connectivity index (χ2n) is 6.00. The Labute approximate surface area is 153 Å². The van der Waals surface area contributed by atoms with Gasteiger partial charge < -0.3 is 4.90 Å². The molecule has 0 atom stereocenters. The van der Waals surface area contributed by atoms with Crippen LogP contribution < -0.4 is 4.90 Å². The Hall–Kier alpha value is -2.12. The maximum atomic E-state index is 11.5. The Morgan fingerprint density at radius 1 is 1.00 bits per heavy atom. The Bertz CT molecular complexity index is 880. The lowest BCUT2D eigenvalue weighted by atomic mass is 10.2. The number of nitrogens with zero attached hydrogens (tertiary/aromatic N) is 4. The van der Waals surface area contributed by atoms with Crippen molar-refractivity contribution < 1.29 is 4.21 Å². The molecule has 0 N–H and O–H groups in total. The lowest BCUT2D eigenvalue weighted by molar-refractivity contribution is 0.673. The van der Waals surface area contributed by atoms with Crippen molar-refractivity contribution in [1.82, 2.24) is 15.0 Å². The van der Waals surface area contributed by atoms with Gasteiger partial charge in [0.05, 0.1) is 4.88 Å². The van der Waals surface area contributed by atoms with Crippen LogP contribution in [0.15, 0.2) is 42.9 Å². The average Bonchev–Trinajstić information content (AvgIpc) is 3.13. The Morgan fingerprint density at radius 2 is 1.68 bits per heavy atom. The smallest absolute Gasteiger partial charge is 0.188 e. The van der Waals surface area contributed by atoms with E-state index < -0.39 is 10.8 Å². The molecule has 1 saturated heterocycles. The van der Waals surface area contributed by atoms with Crippen LogP contribution in [-0.4, -0.2) is 43.8 Å². The standard InChI is InChI=1S/C18H18N4OS2/c1-13-10-19-17(20-11-13)18-21-12-16(24-18)14-2-4-15(5-3-14)22-6-8-25(23)9-7-22/h2-5,10-12H,6-9H2,1H3. The SMILES string of the molecule is Cc1cnc(-c2ncc(-c3ccc(N4CCS(=O)CC4)cc3)s2)nc1. The second-order valence-corrected chi connectivity index (χ2v) is 8.72. The number of anilines is 1. The summed E-state index contributed by atoms with van der Waals surface area (Å²) in [6.45, 7) is 3.70. The van der Waals surface area contributed by atoms with Crippen molar-refractivity contribution in [3.8, 4) is 21.3 Å². The average molecular weight is 371 g/mol. The van der Waals surface area contributed by atoms with E-state index in [9.17, 15) is 4.21 Å². The van der Waals surface area contributed by atoms with Crippen molar-refractivity contribution in [1.29, 1.82) is 0 Å². The minimum Gasteiger partial charge on any atom is -0.370 e. The van der Waals surface area contributed by atoms with Crippen molar-refractivity contribution >= 4 is 27.8 Å². The van der Waals surface area contributed by atoms with Gasteiger partial charge in [0.1, 0.15) is 0 Å². The summed E-state index contributed by atoms with van der Waals surface area (Å²) in [6.07, 6.45) is 5.50. The molecule has 4 rings (SSSR count). The third-order valence-electron chi connectivity index (χ3n) is 4.17. The quantitative estimate of drug-likeness (QED) is 0.709. The first-order valence-corrected chi connectivity index (χ1v) is 10.4. The van der Waals surface area contributed by atoms with Crippen molar-refractivity contribution in [3.63, 3.8) is 0 Å². The number of hydrogen-bond donors (Lipinski definition) is 0. The number of aromatic nitrogens is 3. The molecular formula is C18H18N4OS2. The van der Waals surface area contributed by atoms with Gasteiger partial charge in [-0.1, -0.05) is 12.1 Å². The van der Waals surface area contributed by atoms with Crippen LogP contribution >= 0.6 is 11.3 Å². The first-order valence-electron chi connectivity index (χ1n) is 8.14. The Morgan fingerprint density at radius 3 is 2.36 bits per heavy atom. The summed E-state index contributed by atoms with van der Waals surface area (Å²) in [6, 6.07) is 8.50. The first-order chi connectivity index (χ1) is 12.2. The van der Waals surface area contributed by atoms with E-state index in [1.165, 1.54) is 5.69 Å². The van der Waals surface area contributed by atoms with Crippen LogP contribution in [0.3, 0.4) is 0 Å². The summed E-state index contributed by atoms with van der Waals surface area (Å²) < 4.78 is 11.5. The predicted octanol–water partition coefficient (Wildman–Crippen LogP) is 3.14. The molecular weight excluding hydrogens is 352 g/mol. The molecule has 0 bridgehead atoms. The molecule has 128 valence electrons. The second kappa shape index (κ2) is 7.01. The van der Waals surface area contributed by atoms with E-state index in [-0.39, 0.29) is 0 Å². The van der Waals surface area contributed by atoms with Gasteiger partial charge in [-0.3, -0.25) is 4.21 Å². The van der Waals surface area contributed by atoms with E-state index in [4.69, 9.17) is 0 Å². The Kier molecular flexibility index (Phi) is 4.59. The fourth-order valence-corrected chi connectivity index (χ4v) is 4.67. The summed E-state index contributed by atoms with van der Waals surface area (Å²) >= 11 is 1.60. The molecule has 0 spiro atoms. The van der Waals surface area contributed by atoms with Gasteiger partial charge in [0.15, 0.2) is 10.8 Å². The van der Waals surface area contributed by atoms with Crippen LogP contribution in [0.5, 0.6) is 0 Å². The molecule has 3 heterocycles. The van der Waals surface area contributed by atoms with Crippen LogP contribution in [0.1, 0.15) is 5.56 Å². The molecule has 2 aromatic heterocycles. The van der Waals surface area contributed by atoms with E-state index in [0.717, 1.165) is 45.6 Å². The minimum atomic E-state index is -0.646. The largest absolute Gasteiger partial charge is 0.370 e. The lowest BCUT2D eigenvalue weighted by Gasteiger charge is -2.28. The van der Waals surface area contributed by atoms with Crippen molar-refractivity contribution in [2.24, 2.45) is 0 Å². The van der Waals surface area contributed by atoms with E-state index in [1.54, 1.807) is 11.3 Å². The van der Waals surface area contributed by atoms with Gasteiger partial charge in [-0.2, -0.15) is 0 Å². The van der Waals surface area contributed by atoms with Crippen LogP contribution in [0.2, 0.25) is 0 Å². The molecule has 0 saturated carbocycles. The Balaban J connectivity index is 1.52. The van der Waals surface area contributed by atoms with Gasteiger partial charge in [0, 0.05) is 59.7 Å². The molecule has 1 aromatic carbocycles. The molecule has 7 heteroatoms. The molecule has 1 aliphatic heterocycles. The zero-order valence-corrected chi connectivity index (χ0v) is 15.5. The minimum absolute atomic E-state index is 0.646. The lowest BCUT2D eigenvalue weighted by Crippen LogP contribution is -2.37. The van der Waals surface area contributed by atoms with E-state index >= 15 is 0 Å². The molecule has 5 nitrogen and oxygen atoms in total. The zero-order valence-electron chi connectivity index (χ0n) is 13.9. The number of aryl methyl sites for hydroxylation is 1. The summed E-state index contributed by atoms with van der Waals surface area (Å²) in [5, 5.41) is 0.831. The van der Waals surface area contributed by atoms with Crippen molar-refractivity contribution in [2.45, 2.75) is 6.92 Å². The summed E-state index contributed by atoms with van der Waals surface area (Å²) in [7, 11) is -0.646. The van der Waals surface area contributed by atoms with Gasteiger partial charge in [-0.05, 0) is 30.2 Å². The van der Waals surface area contributed by atoms with Gasteiger partial charge >= 0.3 is 0 Å². The van der Waals surface area contributed by atoms with Gasteiger partial charge in [-0.15, -0.1) is 11.3 Å². The molecule has 1 aliphatic rings. The van der Waals surface area contributed by atoms with Gasteiger partial charge in [-0.25, -0.2) is 15.0 Å². The topological polar surface area (TPSA) is 59.0 Å². The molecule has 25 heavy (non-hydrogen) atoms. The summed E-state index contributed by atoms with van der Waals surface area (Å²) in [5.74, 6) is 2.19. The number of thiazole rings is 1. The van der Waals surface area contributed by atoms with Crippen molar-refractivity contribution in [3.05, 3.63) is 48.4 Å². The van der Waals surface area contributed by atoms with Gasteiger partial charge in [0.2, 0.25) is 0 Å². The van der Waals surface area contributed by atoms with Crippen LogP contribution in [0, 0.1) is 6.92 Å². The molecule has 1 fully saturated rings. The van der Waals surface area contributed by atoms with E-state index in [0.29, 0.717) is 5.82 Å². The third-order valence-corrected chi connectivity index (χ3v) is 6.49. The number of rotatable bonds is 3. The normalized spacial score (nSPS) is 15.5. The van der Waals surface area contributed by atoms with E-state index in [2.05, 4.69) is 44.1 Å². The highest BCUT2D eigenvalue weighted by molar-refractivity contribution is 7.85. The number of hydrogen-bond acceptors (Lipinski definition) is 6. The fraction of sp³-hybridized carbons (Fsp3) is 0.278. The highest BCUT2D eigenvalue weighted by Crippen LogP contribution is 2.31. The molecule has 0 amide bonds. The number of benzene rings is 1. The van der Waals surface area contributed by atoms with Gasteiger partial charge in [0.25, 0.3) is 0 Å². The van der Waals surface area contributed by atoms with Crippen LogP contribution in [-0.2, 0) is 10.8 Å². The van der Waals surface area contributed by atoms with Crippen LogP contribution in [0.4, 0.5) is 5.69 Å². The first kappa shape index (κ1) is 16.4. The predicted molar refractivity (Wildman–Crippen MR) is 103 cm³/mol. The molecule has 0 unspecified atom stereocenters. The highest BCUT2D eigenvalue weighted by Gasteiger charge is 2.16. The monoisotopic (exact) mass is 370 g/mol. The maximum Gasteiger partial charge on any atom is 0.188 e. The highest BCUT2D eigenvalue weighted by atomic mass is 32.2. The summed E-state index contributed by atoms with van der Waals surface area (Å²) in [4.78, 5) is 16.5. The van der Waals surface area contributed by atoms with Crippen LogP contribution in [0.25, 0.3) is 21.3 Å². The maximum absolute atomic E-state index is 11.5. The third kappa shape index (κ3) is 3.62. The summed E-state index contributed by atoms with van der Waals surface area (Å²) in [5.41, 5.74) is 3.37. The molecule has 0 aliphatic carbocycles. The van der Waals surface area contributed by atoms with E-state index in [1.807, 2.05) is 25.5 Å².